The molecule has 0 unspecified atom stereocenters. The Balaban J connectivity index is 1.69. The van der Waals surface area contributed by atoms with Crippen molar-refractivity contribution in [2.24, 2.45) is 0 Å². The Labute approximate surface area is 133 Å². The summed E-state index contributed by atoms with van der Waals surface area (Å²) in [6, 6.07) is 7.85. The van der Waals surface area contributed by atoms with Crippen LogP contribution in [0.15, 0.2) is 36.7 Å². The van der Waals surface area contributed by atoms with Gasteiger partial charge in [-0.2, -0.15) is 5.10 Å². The number of H-pyrrole nitrogens is 1. The number of amides is 2. The number of aromatic amines is 1. The number of aromatic nitrogens is 3. The number of nitrogens with one attached hydrogen (secondary N) is 1. The Morgan fingerprint density at radius 3 is 2.78 bits per heavy atom. The maximum atomic E-state index is 12.8. The molecule has 0 bridgehead atoms. The molecular weight excluding hydrogens is 290 g/mol. The van der Waals surface area contributed by atoms with E-state index in [0.717, 1.165) is 33.5 Å². The maximum Gasteiger partial charge on any atom is 0.329 e. The minimum absolute atomic E-state index is 0.0124. The number of hydrogen-bond donors (Lipinski definition) is 1. The van der Waals surface area contributed by atoms with Gasteiger partial charge in [0.15, 0.2) is 0 Å². The molecule has 23 heavy (non-hydrogen) atoms. The fourth-order valence-electron chi connectivity index (χ4n) is 3.04. The summed E-state index contributed by atoms with van der Waals surface area (Å²) in [5.41, 5.74) is 4.75. The molecule has 1 saturated heterocycles. The molecule has 116 valence electrons. The topological polar surface area (TPSA) is 65.1 Å². The van der Waals surface area contributed by atoms with Crippen molar-refractivity contribution < 1.29 is 4.79 Å². The van der Waals surface area contributed by atoms with Crippen LogP contribution in [0, 0.1) is 13.8 Å². The average Bonchev–Trinajstić information content (AvgIpc) is 3.11. The molecule has 1 N–H and O–H groups in total. The van der Waals surface area contributed by atoms with Gasteiger partial charge in [-0.25, -0.2) is 4.79 Å². The Morgan fingerprint density at radius 1 is 1.13 bits per heavy atom. The van der Waals surface area contributed by atoms with Crippen molar-refractivity contribution in [1.29, 1.82) is 0 Å². The van der Waals surface area contributed by atoms with Crippen LogP contribution in [0.2, 0.25) is 0 Å². The molecular formula is C17H17N5O. The van der Waals surface area contributed by atoms with Crippen LogP contribution in [0.25, 0.3) is 10.9 Å². The van der Waals surface area contributed by atoms with Crippen molar-refractivity contribution in [3.05, 3.63) is 47.9 Å². The summed E-state index contributed by atoms with van der Waals surface area (Å²) in [6.07, 6.45) is 3.49. The molecule has 1 fully saturated rings. The molecule has 3 aromatic rings. The van der Waals surface area contributed by atoms with Gasteiger partial charge in [0.1, 0.15) is 0 Å². The number of hydrogen-bond acceptors (Lipinski definition) is 3. The zero-order valence-corrected chi connectivity index (χ0v) is 13.1. The standard InChI is InChI=1S/C17H17N5O/c1-11-5-6-18-10-16(11)22-8-7-21(17(22)23)13-3-4-15-14(9-13)12(2)19-20-15/h3-6,9-10H,7-8H2,1-2H3,(H,19,20). The summed E-state index contributed by atoms with van der Waals surface area (Å²) in [5.74, 6) is 0. The third-order valence-corrected chi connectivity index (χ3v) is 4.36. The van der Waals surface area contributed by atoms with E-state index in [1.807, 2.05) is 38.1 Å². The number of benzene rings is 1. The van der Waals surface area contributed by atoms with Crippen LogP contribution in [0.3, 0.4) is 0 Å². The summed E-state index contributed by atoms with van der Waals surface area (Å²) in [5, 5.41) is 8.24. The highest BCUT2D eigenvalue weighted by molar-refractivity contribution is 6.07. The van der Waals surface area contributed by atoms with Crippen LogP contribution in [-0.2, 0) is 0 Å². The zero-order chi connectivity index (χ0) is 16.0. The number of anilines is 2. The van der Waals surface area contributed by atoms with Crippen LogP contribution in [0.5, 0.6) is 0 Å². The van der Waals surface area contributed by atoms with E-state index in [4.69, 9.17) is 0 Å². The number of aryl methyl sites for hydroxylation is 2. The van der Waals surface area contributed by atoms with Gasteiger partial charge in [-0.05, 0) is 43.7 Å². The predicted molar refractivity (Wildman–Crippen MR) is 89.9 cm³/mol. The van der Waals surface area contributed by atoms with E-state index in [2.05, 4.69) is 15.2 Å². The molecule has 1 aliphatic rings. The van der Waals surface area contributed by atoms with Crippen molar-refractivity contribution in [2.45, 2.75) is 13.8 Å². The largest absolute Gasteiger partial charge is 0.329 e. The Hall–Kier alpha value is -2.89. The Bertz CT molecular complexity index is 901. The zero-order valence-electron chi connectivity index (χ0n) is 13.1. The van der Waals surface area contributed by atoms with Crippen LogP contribution >= 0.6 is 0 Å². The molecule has 1 aromatic carbocycles. The molecule has 0 spiro atoms. The molecule has 2 aromatic heterocycles. The lowest BCUT2D eigenvalue weighted by atomic mass is 10.2. The highest BCUT2D eigenvalue weighted by Gasteiger charge is 2.31. The van der Waals surface area contributed by atoms with Crippen molar-refractivity contribution >= 4 is 28.3 Å². The van der Waals surface area contributed by atoms with Gasteiger partial charge in [0.25, 0.3) is 0 Å². The number of carbonyl (C=O) groups is 1. The summed E-state index contributed by atoms with van der Waals surface area (Å²) in [6.45, 7) is 5.27. The molecule has 0 radical (unpaired) electrons. The van der Waals surface area contributed by atoms with E-state index in [9.17, 15) is 4.79 Å². The van der Waals surface area contributed by atoms with Gasteiger partial charge in [-0.3, -0.25) is 19.9 Å². The Kier molecular flexibility index (Phi) is 3.04. The smallest absolute Gasteiger partial charge is 0.292 e. The number of fused-ring (bicyclic) bond motifs is 1. The van der Waals surface area contributed by atoms with Crippen LogP contribution in [-0.4, -0.2) is 34.3 Å². The van der Waals surface area contributed by atoms with Gasteiger partial charge in [-0.1, -0.05) is 0 Å². The molecule has 6 heteroatoms. The highest BCUT2D eigenvalue weighted by Crippen LogP contribution is 2.29. The quantitative estimate of drug-likeness (QED) is 0.791. The van der Waals surface area contributed by atoms with Gasteiger partial charge in [-0.15, -0.1) is 0 Å². The molecule has 2 amide bonds. The first-order valence-corrected chi connectivity index (χ1v) is 7.59. The number of rotatable bonds is 2. The summed E-state index contributed by atoms with van der Waals surface area (Å²) in [4.78, 5) is 20.6. The van der Waals surface area contributed by atoms with Gasteiger partial charge in [0.2, 0.25) is 0 Å². The lowest BCUT2D eigenvalue weighted by Gasteiger charge is -2.20. The first-order valence-electron chi connectivity index (χ1n) is 7.59. The van der Waals surface area contributed by atoms with E-state index in [1.165, 1.54) is 0 Å². The lowest BCUT2D eigenvalue weighted by molar-refractivity contribution is 0.256. The van der Waals surface area contributed by atoms with E-state index in [1.54, 1.807) is 22.2 Å². The van der Waals surface area contributed by atoms with Crippen molar-refractivity contribution in [1.82, 2.24) is 15.2 Å². The van der Waals surface area contributed by atoms with Crippen LogP contribution < -0.4 is 9.80 Å². The molecule has 0 aliphatic carbocycles. The molecule has 3 heterocycles. The molecule has 4 rings (SSSR count). The first kappa shape index (κ1) is 13.8. The molecule has 6 nitrogen and oxygen atoms in total. The molecule has 0 saturated carbocycles. The minimum Gasteiger partial charge on any atom is -0.292 e. The van der Waals surface area contributed by atoms with Gasteiger partial charge < -0.3 is 0 Å². The number of carbonyl (C=O) groups excluding carboxylic acids is 1. The van der Waals surface area contributed by atoms with Gasteiger partial charge in [0.05, 0.1) is 23.1 Å². The normalized spacial score (nSPS) is 15.0. The van der Waals surface area contributed by atoms with Crippen molar-refractivity contribution in [2.75, 3.05) is 22.9 Å². The van der Waals surface area contributed by atoms with Gasteiger partial charge >= 0.3 is 6.03 Å². The van der Waals surface area contributed by atoms with Gasteiger partial charge in [0, 0.05) is 30.4 Å². The van der Waals surface area contributed by atoms with Crippen molar-refractivity contribution in [3.8, 4) is 0 Å². The fourth-order valence-corrected chi connectivity index (χ4v) is 3.04. The van der Waals surface area contributed by atoms with E-state index < -0.39 is 0 Å². The predicted octanol–water partition coefficient (Wildman–Crippen LogP) is 3.02. The fraction of sp³-hybridized carbons (Fsp3) is 0.235. The van der Waals surface area contributed by atoms with Crippen LogP contribution in [0.4, 0.5) is 16.2 Å². The average molecular weight is 307 g/mol. The SMILES string of the molecule is Cc1ccncc1N1CCN(c2ccc3[nH]nc(C)c3c2)C1=O. The summed E-state index contributed by atoms with van der Waals surface area (Å²) >= 11 is 0. The summed E-state index contributed by atoms with van der Waals surface area (Å²) in [7, 11) is 0. The van der Waals surface area contributed by atoms with E-state index in [-0.39, 0.29) is 6.03 Å². The Morgan fingerprint density at radius 2 is 1.96 bits per heavy atom. The molecule has 1 aliphatic heterocycles. The second kappa shape index (κ2) is 5.08. The monoisotopic (exact) mass is 307 g/mol. The third-order valence-electron chi connectivity index (χ3n) is 4.36. The molecule has 0 atom stereocenters. The van der Waals surface area contributed by atoms with Crippen molar-refractivity contribution in [3.63, 3.8) is 0 Å². The third kappa shape index (κ3) is 2.14. The van der Waals surface area contributed by atoms with Crippen LogP contribution in [0.1, 0.15) is 11.3 Å². The maximum absolute atomic E-state index is 12.8. The summed E-state index contributed by atoms with van der Waals surface area (Å²) < 4.78 is 0. The first-order chi connectivity index (χ1) is 11.1. The van der Waals surface area contributed by atoms with E-state index >= 15 is 0 Å². The lowest BCUT2D eigenvalue weighted by Crippen LogP contribution is -2.32. The number of nitrogens with zero attached hydrogens (tertiary/aromatic N) is 4. The number of pyridine rings is 1. The highest BCUT2D eigenvalue weighted by atomic mass is 16.2. The second-order valence-corrected chi connectivity index (χ2v) is 5.79. The van der Waals surface area contributed by atoms with E-state index in [0.29, 0.717) is 13.1 Å². The second-order valence-electron chi connectivity index (χ2n) is 5.79. The number of urea groups is 1. The minimum atomic E-state index is -0.0124.